The fourth-order valence-corrected chi connectivity index (χ4v) is 9.50. The Labute approximate surface area is 347 Å². The van der Waals surface area contributed by atoms with E-state index in [2.05, 4.69) is 152 Å². The van der Waals surface area contributed by atoms with E-state index in [9.17, 15) is 0 Å². The Morgan fingerprint density at radius 3 is 1.82 bits per heavy atom. The van der Waals surface area contributed by atoms with E-state index in [1.54, 1.807) is 0 Å². The molecule has 0 spiro atoms. The molecule has 0 fully saturated rings. The molecule has 5 heteroatoms. The van der Waals surface area contributed by atoms with Crippen molar-refractivity contribution in [2.24, 2.45) is 0 Å². The van der Waals surface area contributed by atoms with Gasteiger partial charge in [-0.15, -0.1) is 0 Å². The molecule has 0 N–H and O–H groups in total. The lowest BCUT2D eigenvalue weighted by Gasteiger charge is -2.34. The van der Waals surface area contributed by atoms with Crippen molar-refractivity contribution in [3.63, 3.8) is 0 Å². The average molecular weight is 771 g/mol. The fourth-order valence-electron chi connectivity index (χ4n) is 9.50. The first-order chi connectivity index (χ1) is 29.5. The summed E-state index contributed by atoms with van der Waals surface area (Å²) in [6.45, 7) is 4.76. The lowest BCUT2D eigenvalue weighted by atomic mass is 9.70. The zero-order valence-corrected chi connectivity index (χ0v) is 33.2. The average Bonchev–Trinajstić information content (AvgIpc) is 3.83. The Bertz CT molecular complexity index is 3430. The highest BCUT2D eigenvalue weighted by Crippen LogP contribution is 2.48. The summed E-state index contributed by atoms with van der Waals surface area (Å²) < 4.78 is 8.77. The SMILES string of the molecule is CC1(C)Cc2ccccc2-c2cc3c4ccccc4n(-c4cc(-c5nc(-c6ccccc6)nc(-c6ccccc6)n5)ccc4-c4ccc5oc6ccccc6c5c4)c3cc21. The van der Waals surface area contributed by atoms with E-state index in [4.69, 9.17) is 19.4 Å². The van der Waals surface area contributed by atoms with E-state index in [1.807, 2.05) is 48.5 Å². The normalized spacial score (nSPS) is 13.2. The van der Waals surface area contributed by atoms with Gasteiger partial charge >= 0.3 is 0 Å². The van der Waals surface area contributed by atoms with E-state index in [0.717, 1.165) is 67.4 Å². The van der Waals surface area contributed by atoms with Gasteiger partial charge in [0, 0.05) is 43.8 Å². The van der Waals surface area contributed by atoms with Crippen molar-refractivity contribution in [3.8, 4) is 62.1 Å². The first-order valence-corrected chi connectivity index (χ1v) is 20.6. The van der Waals surface area contributed by atoms with E-state index in [0.29, 0.717) is 17.5 Å². The van der Waals surface area contributed by atoms with Crippen LogP contribution in [0.2, 0.25) is 0 Å². The highest BCUT2D eigenvalue weighted by atomic mass is 16.3. The molecule has 284 valence electrons. The Morgan fingerprint density at radius 1 is 0.433 bits per heavy atom. The Morgan fingerprint density at radius 2 is 1.05 bits per heavy atom. The molecule has 1 aliphatic rings. The monoisotopic (exact) mass is 770 g/mol. The maximum atomic E-state index is 6.30. The minimum Gasteiger partial charge on any atom is -0.456 e. The van der Waals surface area contributed by atoms with Crippen molar-refractivity contribution in [1.29, 1.82) is 0 Å². The third-order valence-corrected chi connectivity index (χ3v) is 12.4. The van der Waals surface area contributed by atoms with Crippen LogP contribution < -0.4 is 0 Å². The van der Waals surface area contributed by atoms with Crippen LogP contribution in [0.15, 0.2) is 186 Å². The standard InChI is InChI=1S/C55H38N4O/c1-55(2)33-38-19-9-10-20-39(38)43-31-44-41-21-11-13-23-47(41)59(49(44)32-46(43)55)48-30-37(25-27-40(48)36-26-28-51-45(29-36)42-22-12-14-24-50(42)60-51)54-57-52(34-15-5-3-6-16-34)56-53(58-54)35-17-7-4-8-18-35/h3-32H,33H2,1-2H3. The van der Waals surface area contributed by atoms with E-state index < -0.39 is 0 Å². The molecule has 0 atom stereocenters. The third kappa shape index (κ3) is 5.43. The van der Waals surface area contributed by atoms with Gasteiger partial charge in [-0.2, -0.15) is 0 Å². The Balaban J connectivity index is 1.16. The molecule has 0 unspecified atom stereocenters. The summed E-state index contributed by atoms with van der Waals surface area (Å²) >= 11 is 0. The van der Waals surface area contributed by atoms with Crippen LogP contribution in [0.1, 0.15) is 25.0 Å². The van der Waals surface area contributed by atoms with Crippen LogP contribution >= 0.6 is 0 Å². The van der Waals surface area contributed by atoms with Crippen LogP contribution in [0.3, 0.4) is 0 Å². The molecule has 3 aromatic heterocycles. The third-order valence-electron chi connectivity index (χ3n) is 12.4. The maximum Gasteiger partial charge on any atom is 0.164 e. The van der Waals surface area contributed by atoms with Gasteiger partial charge in [0.15, 0.2) is 17.5 Å². The Hall–Kier alpha value is -7.63. The molecule has 11 aromatic rings. The molecule has 3 heterocycles. The highest BCUT2D eigenvalue weighted by Gasteiger charge is 2.32. The zero-order chi connectivity index (χ0) is 40.0. The zero-order valence-electron chi connectivity index (χ0n) is 33.2. The first kappa shape index (κ1) is 34.4. The summed E-state index contributed by atoms with van der Waals surface area (Å²) in [5.41, 5.74) is 15.4. The second-order valence-corrected chi connectivity index (χ2v) is 16.6. The van der Waals surface area contributed by atoms with E-state index >= 15 is 0 Å². The summed E-state index contributed by atoms with van der Waals surface area (Å²) in [5, 5.41) is 4.63. The lowest BCUT2D eigenvalue weighted by Crippen LogP contribution is -2.25. The van der Waals surface area contributed by atoms with Gasteiger partial charge in [-0.3, -0.25) is 0 Å². The van der Waals surface area contributed by atoms with Gasteiger partial charge in [0.05, 0.1) is 16.7 Å². The van der Waals surface area contributed by atoms with Crippen LogP contribution in [-0.4, -0.2) is 19.5 Å². The summed E-state index contributed by atoms with van der Waals surface area (Å²) in [6, 6.07) is 64.5. The van der Waals surface area contributed by atoms with Crippen LogP contribution in [0.4, 0.5) is 0 Å². The first-order valence-electron chi connectivity index (χ1n) is 20.6. The molecule has 0 aliphatic heterocycles. The van der Waals surface area contributed by atoms with Gasteiger partial charge in [-0.25, -0.2) is 15.0 Å². The number of nitrogens with zero attached hydrogens (tertiary/aromatic N) is 4. The molecular formula is C55H38N4O. The van der Waals surface area contributed by atoms with Crippen LogP contribution in [-0.2, 0) is 11.8 Å². The molecular weight excluding hydrogens is 733 g/mol. The van der Waals surface area contributed by atoms with Gasteiger partial charge < -0.3 is 8.98 Å². The number of furan rings is 1. The number of rotatable bonds is 5. The lowest BCUT2D eigenvalue weighted by molar-refractivity contribution is 0.518. The summed E-state index contributed by atoms with van der Waals surface area (Å²) in [6.07, 6.45) is 0.980. The van der Waals surface area contributed by atoms with Crippen molar-refractivity contribution in [1.82, 2.24) is 19.5 Å². The van der Waals surface area contributed by atoms with Gasteiger partial charge in [0.25, 0.3) is 0 Å². The minimum absolute atomic E-state index is 0.0657. The molecule has 0 radical (unpaired) electrons. The number of hydrogen-bond acceptors (Lipinski definition) is 4. The van der Waals surface area contributed by atoms with Crippen LogP contribution in [0.25, 0.3) is 106 Å². The summed E-state index contributed by atoms with van der Waals surface area (Å²) in [7, 11) is 0. The molecule has 8 aromatic carbocycles. The second-order valence-electron chi connectivity index (χ2n) is 16.6. The van der Waals surface area contributed by atoms with E-state index in [-0.39, 0.29) is 5.41 Å². The van der Waals surface area contributed by atoms with E-state index in [1.165, 1.54) is 38.5 Å². The number of hydrogen-bond donors (Lipinski definition) is 0. The number of para-hydroxylation sites is 2. The molecule has 12 rings (SSSR count). The van der Waals surface area contributed by atoms with Crippen LogP contribution in [0, 0.1) is 0 Å². The van der Waals surface area contributed by atoms with Gasteiger partial charge in [-0.1, -0.05) is 153 Å². The van der Waals surface area contributed by atoms with Crippen molar-refractivity contribution in [2.45, 2.75) is 25.7 Å². The van der Waals surface area contributed by atoms with Gasteiger partial charge in [0.2, 0.25) is 0 Å². The summed E-state index contributed by atoms with van der Waals surface area (Å²) in [4.78, 5) is 15.3. The predicted octanol–water partition coefficient (Wildman–Crippen LogP) is 14.0. The van der Waals surface area contributed by atoms with Crippen molar-refractivity contribution < 1.29 is 4.42 Å². The van der Waals surface area contributed by atoms with Gasteiger partial charge in [0.1, 0.15) is 11.2 Å². The molecule has 5 nitrogen and oxygen atoms in total. The number of fused-ring (bicyclic) bond motifs is 9. The molecule has 0 saturated carbocycles. The molecule has 1 aliphatic carbocycles. The molecule has 0 bridgehead atoms. The van der Waals surface area contributed by atoms with Crippen LogP contribution in [0.5, 0.6) is 0 Å². The molecule has 60 heavy (non-hydrogen) atoms. The van der Waals surface area contributed by atoms with Crippen molar-refractivity contribution in [3.05, 3.63) is 193 Å². The van der Waals surface area contributed by atoms with Crippen molar-refractivity contribution in [2.75, 3.05) is 0 Å². The van der Waals surface area contributed by atoms with Gasteiger partial charge in [-0.05, 0) is 82.1 Å². The largest absolute Gasteiger partial charge is 0.456 e. The molecule has 0 saturated heterocycles. The highest BCUT2D eigenvalue weighted by molar-refractivity contribution is 6.12. The maximum absolute atomic E-state index is 6.30. The fraction of sp³-hybridized carbons (Fsp3) is 0.0727. The number of aromatic nitrogens is 4. The smallest absolute Gasteiger partial charge is 0.164 e. The van der Waals surface area contributed by atoms with Crippen molar-refractivity contribution >= 4 is 43.7 Å². The topological polar surface area (TPSA) is 56.7 Å². The quantitative estimate of drug-likeness (QED) is 0.175. The second kappa shape index (κ2) is 13.2. The number of benzene rings is 8. The Kier molecular flexibility index (Phi) is 7.57. The predicted molar refractivity (Wildman–Crippen MR) is 245 cm³/mol. The summed E-state index contributed by atoms with van der Waals surface area (Å²) in [5.74, 6) is 1.88. The minimum atomic E-state index is -0.0657. The molecule has 0 amide bonds.